The molecule has 2 aliphatic rings. The second-order valence-electron chi connectivity index (χ2n) is 10.1. The first-order valence-corrected chi connectivity index (χ1v) is 13.3. The van der Waals surface area contributed by atoms with Gasteiger partial charge in [0.1, 0.15) is 5.75 Å². The molecule has 1 aliphatic carbocycles. The van der Waals surface area contributed by atoms with Crippen molar-refractivity contribution < 1.29 is 9.53 Å². The average Bonchev–Trinajstić information content (AvgIpc) is 2.86. The van der Waals surface area contributed by atoms with Gasteiger partial charge in [0.05, 0.1) is 13.0 Å². The number of benzene rings is 1. The molecule has 2 aromatic rings. The standard InChI is InChI=1S/C29H41N3O2/c1-3-34-27-14-15-28(25(18-27)21-32-16-8-5-9-17-32)24-12-13-26(30-20-24)19-29(33)31-22(2)23-10-6-4-7-11-23/h12-15,18,20,22-23H,3-11,16-17,19,21H2,1-2H3,(H,31,33)/t22-/m1/s1. The summed E-state index contributed by atoms with van der Waals surface area (Å²) in [4.78, 5) is 19.8. The SMILES string of the molecule is CCOc1ccc(-c2ccc(CC(=O)N[C@H](C)C3CCCCC3)nc2)c(CN2CCCCC2)c1. The predicted molar refractivity (Wildman–Crippen MR) is 138 cm³/mol. The van der Waals surface area contributed by atoms with Crippen molar-refractivity contribution in [3.63, 3.8) is 0 Å². The van der Waals surface area contributed by atoms with Crippen LogP contribution in [0.5, 0.6) is 5.75 Å². The molecule has 1 aromatic heterocycles. The van der Waals surface area contributed by atoms with E-state index in [4.69, 9.17) is 4.74 Å². The van der Waals surface area contributed by atoms with E-state index in [9.17, 15) is 4.79 Å². The molecule has 184 valence electrons. The number of amides is 1. The van der Waals surface area contributed by atoms with Gasteiger partial charge in [-0.15, -0.1) is 0 Å². The van der Waals surface area contributed by atoms with E-state index >= 15 is 0 Å². The van der Waals surface area contributed by atoms with Crippen LogP contribution in [-0.2, 0) is 17.8 Å². The van der Waals surface area contributed by atoms with Gasteiger partial charge in [-0.2, -0.15) is 0 Å². The lowest BCUT2D eigenvalue weighted by Gasteiger charge is -2.28. The molecule has 1 saturated carbocycles. The molecule has 1 N–H and O–H groups in total. The Kier molecular flexibility index (Phi) is 8.97. The van der Waals surface area contributed by atoms with Crippen molar-refractivity contribution in [1.29, 1.82) is 0 Å². The van der Waals surface area contributed by atoms with Crippen LogP contribution in [0.15, 0.2) is 36.5 Å². The maximum absolute atomic E-state index is 12.6. The van der Waals surface area contributed by atoms with Gasteiger partial charge in [0.25, 0.3) is 0 Å². The fourth-order valence-corrected chi connectivity index (χ4v) is 5.51. The van der Waals surface area contributed by atoms with Crippen LogP contribution in [0.25, 0.3) is 11.1 Å². The van der Waals surface area contributed by atoms with Crippen molar-refractivity contribution >= 4 is 5.91 Å². The molecule has 1 aromatic carbocycles. The maximum Gasteiger partial charge on any atom is 0.226 e. The lowest BCUT2D eigenvalue weighted by Crippen LogP contribution is -2.39. The molecule has 5 heteroatoms. The van der Waals surface area contributed by atoms with Crippen LogP contribution in [0.3, 0.4) is 0 Å². The summed E-state index contributed by atoms with van der Waals surface area (Å²) < 4.78 is 5.79. The molecule has 1 amide bonds. The lowest BCUT2D eigenvalue weighted by molar-refractivity contribution is -0.121. The Labute approximate surface area is 205 Å². The van der Waals surface area contributed by atoms with Crippen LogP contribution in [0.1, 0.15) is 76.5 Å². The number of nitrogens with one attached hydrogen (secondary N) is 1. The summed E-state index contributed by atoms with van der Waals surface area (Å²) in [7, 11) is 0. The Balaban J connectivity index is 1.42. The molecule has 0 unspecified atom stereocenters. The van der Waals surface area contributed by atoms with Crippen molar-refractivity contribution in [2.45, 2.75) is 84.2 Å². The third-order valence-electron chi connectivity index (χ3n) is 7.45. The number of rotatable bonds is 9. The number of ether oxygens (including phenoxy) is 1. The molecule has 0 radical (unpaired) electrons. The fraction of sp³-hybridized carbons (Fsp3) is 0.586. The smallest absolute Gasteiger partial charge is 0.226 e. The zero-order chi connectivity index (χ0) is 23.8. The van der Waals surface area contributed by atoms with E-state index in [2.05, 4.69) is 40.3 Å². The third-order valence-corrected chi connectivity index (χ3v) is 7.45. The Morgan fingerprint density at radius 1 is 1.09 bits per heavy atom. The highest BCUT2D eigenvalue weighted by Crippen LogP contribution is 2.30. The number of likely N-dealkylation sites (tertiary alicyclic amines) is 1. The Bertz CT molecular complexity index is 915. The molecular weight excluding hydrogens is 422 g/mol. The fourth-order valence-electron chi connectivity index (χ4n) is 5.51. The van der Waals surface area contributed by atoms with Gasteiger partial charge in [-0.3, -0.25) is 14.7 Å². The number of hydrogen-bond acceptors (Lipinski definition) is 4. The highest BCUT2D eigenvalue weighted by atomic mass is 16.5. The number of piperidine rings is 1. The maximum atomic E-state index is 12.6. The van der Waals surface area contributed by atoms with Gasteiger partial charge in [0.2, 0.25) is 5.91 Å². The summed E-state index contributed by atoms with van der Waals surface area (Å²) in [6, 6.07) is 10.7. The van der Waals surface area contributed by atoms with Crippen molar-refractivity contribution in [2.24, 2.45) is 5.92 Å². The largest absolute Gasteiger partial charge is 0.494 e. The Morgan fingerprint density at radius 3 is 2.56 bits per heavy atom. The van der Waals surface area contributed by atoms with E-state index < -0.39 is 0 Å². The van der Waals surface area contributed by atoms with Crippen LogP contribution in [0.2, 0.25) is 0 Å². The second kappa shape index (κ2) is 12.3. The minimum Gasteiger partial charge on any atom is -0.494 e. The number of nitrogens with zero attached hydrogens (tertiary/aromatic N) is 2. The van der Waals surface area contributed by atoms with Gasteiger partial charge < -0.3 is 10.1 Å². The highest BCUT2D eigenvalue weighted by Gasteiger charge is 2.21. The summed E-state index contributed by atoms with van der Waals surface area (Å²) in [6.07, 6.45) is 12.5. The van der Waals surface area contributed by atoms with Crippen LogP contribution >= 0.6 is 0 Å². The molecule has 0 bridgehead atoms. The van der Waals surface area contributed by atoms with Gasteiger partial charge in [-0.1, -0.05) is 37.8 Å². The quantitative estimate of drug-likeness (QED) is 0.514. The number of pyridine rings is 1. The van der Waals surface area contributed by atoms with Gasteiger partial charge in [-0.25, -0.2) is 0 Å². The first kappa shape index (κ1) is 24.7. The molecule has 2 fully saturated rings. The molecule has 34 heavy (non-hydrogen) atoms. The molecule has 2 heterocycles. The average molecular weight is 464 g/mol. The Hall–Kier alpha value is -2.40. The summed E-state index contributed by atoms with van der Waals surface area (Å²) in [5.41, 5.74) is 4.39. The molecule has 1 aliphatic heterocycles. The molecular formula is C29H41N3O2. The minimum absolute atomic E-state index is 0.0742. The van der Waals surface area contributed by atoms with Crippen molar-refractivity contribution in [2.75, 3.05) is 19.7 Å². The monoisotopic (exact) mass is 463 g/mol. The summed E-state index contributed by atoms with van der Waals surface area (Å²) in [5.74, 6) is 1.61. The molecule has 4 rings (SSSR count). The van der Waals surface area contributed by atoms with E-state index in [-0.39, 0.29) is 11.9 Å². The zero-order valence-electron chi connectivity index (χ0n) is 21.0. The van der Waals surface area contributed by atoms with Crippen LogP contribution < -0.4 is 10.1 Å². The van der Waals surface area contributed by atoms with E-state index in [1.54, 1.807) is 0 Å². The van der Waals surface area contributed by atoms with Gasteiger partial charge in [-0.05, 0) is 87.9 Å². The van der Waals surface area contributed by atoms with E-state index in [1.165, 1.54) is 62.5 Å². The summed E-state index contributed by atoms with van der Waals surface area (Å²) in [5, 5.41) is 3.22. The molecule has 1 saturated heterocycles. The highest BCUT2D eigenvalue weighted by molar-refractivity contribution is 5.78. The number of aromatic nitrogens is 1. The lowest BCUT2D eigenvalue weighted by atomic mass is 9.84. The first-order valence-electron chi connectivity index (χ1n) is 13.3. The zero-order valence-corrected chi connectivity index (χ0v) is 21.0. The van der Waals surface area contributed by atoms with E-state index in [1.807, 2.05) is 25.3 Å². The van der Waals surface area contributed by atoms with Gasteiger partial charge in [0, 0.05) is 30.0 Å². The molecule has 5 nitrogen and oxygen atoms in total. The topological polar surface area (TPSA) is 54.5 Å². The first-order chi connectivity index (χ1) is 16.6. The van der Waals surface area contributed by atoms with Crippen molar-refractivity contribution in [3.05, 3.63) is 47.8 Å². The third kappa shape index (κ3) is 6.82. The predicted octanol–water partition coefficient (Wildman–Crippen LogP) is 5.76. The second-order valence-corrected chi connectivity index (χ2v) is 10.1. The minimum atomic E-state index is 0.0742. The van der Waals surface area contributed by atoms with E-state index in [0.29, 0.717) is 18.9 Å². The molecule has 0 spiro atoms. The number of carbonyl (C=O) groups excluding carboxylic acids is 1. The van der Waals surface area contributed by atoms with Crippen LogP contribution in [0, 0.1) is 5.92 Å². The van der Waals surface area contributed by atoms with Crippen LogP contribution in [0.4, 0.5) is 0 Å². The van der Waals surface area contributed by atoms with Gasteiger partial charge in [0.15, 0.2) is 0 Å². The van der Waals surface area contributed by atoms with Crippen molar-refractivity contribution in [3.8, 4) is 16.9 Å². The van der Waals surface area contributed by atoms with Gasteiger partial charge >= 0.3 is 0 Å². The van der Waals surface area contributed by atoms with E-state index in [0.717, 1.165) is 36.6 Å². The summed E-state index contributed by atoms with van der Waals surface area (Å²) in [6.45, 7) is 8.08. The molecule has 1 atom stereocenters. The Morgan fingerprint density at radius 2 is 1.85 bits per heavy atom. The summed E-state index contributed by atoms with van der Waals surface area (Å²) >= 11 is 0. The normalized spacial score (nSPS) is 18.4. The number of hydrogen-bond donors (Lipinski definition) is 1. The van der Waals surface area contributed by atoms with Crippen molar-refractivity contribution in [1.82, 2.24) is 15.2 Å². The number of carbonyl (C=O) groups is 1. The van der Waals surface area contributed by atoms with Crippen LogP contribution in [-0.4, -0.2) is 41.5 Å².